The molecular formula is C19H12O5S. The molecule has 0 radical (unpaired) electrons. The Bertz CT molecular complexity index is 1030. The van der Waals surface area contributed by atoms with Crippen molar-refractivity contribution in [3.63, 3.8) is 0 Å². The number of allylic oxidation sites excluding steroid dienone is 4. The first-order valence-electron chi connectivity index (χ1n) is 7.34. The minimum absolute atomic E-state index is 0.134. The summed E-state index contributed by atoms with van der Waals surface area (Å²) in [5, 5.41) is 0. The summed E-state index contributed by atoms with van der Waals surface area (Å²) in [5.41, 5.74) is -0.489. The van der Waals surface area contributed by atoms with Gasteiger partial charge >= 0.3 is 0 Å². The van der Waals surface area contributed by atoms with Gasteiger partial charge in [-0.2, -0.15) is 0 Å². The average molecular weight is 352 g/mol. The van der Waals surface area contributed by atoms with Gasteiger partial charge in [0.2, 0.25) is 9.84 Å². The summed E-state index contributed by atoms with van der Waals surface area (Å²) >= 11 is 0. The van der Waals surface area contributed by atoms with E-state index in [-0.39, 0.29) is 10.5 Å². The molecule has 0 heterocycles. The molecule has 0 amide bonds. The standard InChI is InChI=1S/C19H12O5S/c20-15-11-12-16(21)19(25(23,24)14-9-5-2-6-10-14)17(15)18(22)13-7-3-1-4-8-13/h1-12H. The lowest BCUT2D eigenvalue weighted by Crippen LogP contribution is -2.26. The van der Waals surface area contributed by atoms with Crippen molar-refractivity contribution in [2.45, 2.75) is 4.90 Å². The normalized spacial score (nSPS) is 14.7. The molecule has 5 nitrogen and oxygen atoms in total. The Balaban J connectivity index is 2.26. The first kappa shape index (κ1) is 16.7. The van der Waals surface area contributed by atoms with E-state index in [0.29, 0.717) is 0 Å². The molecule has 0 aliphatic heterocycles. The number of Topliss-reactive ketones (excluding diaryl/α,β-unsaturated/α-hetero) is 1. The topological polar surface area (TPSA) is 85.3 Å². The van der Waals surface area contributed by atoms with Gasteiger partial charge in [-0.25, -0.2) is 8.42 Å². The van der Waals surface area contributed by atoms with Crippen LogP contribution in [0.25, 0.3) is 0 Å². The zero-order valence-electron chi connectivity index (χ0n) is 12.9. The molecule has 3 rings (SSSR count). The molecule has 0 N–H and O–H groups in total. The van der Waals surface area contributed by atoms with Crippen molar-refractivity contribution in [3.05, 3.63) is 88.9 Å². The highest BCUT2D eigenvalue weighted by Gasteiger charge is 2.37. The number of carbonyl (C=O) groups is 3. The van der Waals surface area contributed by atoms with Crippen LogP contribution in [0.3, 0.4) is 0 Å². The third-order valence-corrected chi connectivity index (χ3v) is 5.50. The highest BCUT2D eigenvalue weighted by molar-refractivity contribution is 7.96. The summed E-state index contributed by atoms with van der Waals surface area (Å²) in [6.07, 6.45) is 1.79. The van der Waals surface area contributed by atoms with Gasteiger partial charge in [0.25, 0.3) is 0 Å². The van der Waals surface area contributed by atoms with Gasteiger partial charge in [-0.1, -0.05) is 48.5 Å². The third kappa shape index (κ3) is 2.99. The van der Waals surface area contributed by atoms with E-state index in [1.54, 1.807) is 24.3 Å². The fraction of sp³-hybridized carbons (Fsp3) is 0. The van der Waals surface area contributed by atoms with Gasteiger partial charge in [0.15, 0.2) is 17.3 Å². The van der Waals surface area contributed by atoms with Crippen LogP contribution in [0.4, 0.5) is 0 Å². The SMILES string of the molecule is O=C1C=CC(=O)C(S(=O)(=O)c2ccccc2)=C1C(=O)c1ccccc1. The Kier molecular flexibility index (Phi) is 4.29. The number of rotatable bonds is 4. The first-order chi connectivity index (χ1) is 11.9. The second-order valence-corrected chi connectivity index (χ2v) is 7.16. The van der Waals surface area contributed by atoms with E-state index in [0.717, 1.165) is 12.2 Å². The molecule has 0 saturated heterocycles. The van der Waals surface area contributed by atoms with Gasteiger partial charge in [0.05, 0.1) is 10.5 Å². The highest BCUT2D eigenvalue weighted by Crippen LogP contribution is 2.28. The fourth-order valence-corrected chi connectivity index (χ4v) is 4.02. The van der Waals surface area contributed by atoms with E-state index >= 15 is 0 Å². The molecule has 1 aliphatic carbocycles. The van der Waals surface area contributed by atoms with E-state index in [4.69, 9.17) is 0 Å². The van der Waals surface area contributed by atoms with E-state index in [1.807, 2.05) is 0 Å². The van der Waals surface area contributed by atoms with Gasteiger partial charge in [-0.05, 0) is 24.3 Å². The van der Waals surface area contributed by atoms with Crippen molar-refractivity contribution in [1.82, 2.24) is 0 Å². The number of benzene rings is 2. The number of carbonyl (C=O) groups excluding carboxylic acids is 3. The monoisotopic (exact) mass is 352 g/mol. The maximum Gasteiger partial charge on any atom is 0.211 e. The van der Waals surface area contributed by atoms with Gasteiger partial charge in [0, 0.05) is 5.56 Å². The average Bonchev–Trinajstić information content (AvgIpc) is 2.64. The Hall–Kier alpha value is -3.12. The van der Waals surface area contributed by atoms with Crippen molar-refractivity contribution in [3.8, 4) is 0 Å². The van der Waals surface area contributed by atoms with E-state index in [2.05, 4.69) is 0 Å². The van der Waals surface area contributed by atoms with Crippen LogP contribution in [0.2, 0.25) is 0 Å². The maximum absolute atomic E-state index is 12.9. The van der Waals surface area contributed by atoms with Crippen LogP contribution >= 0.6 is 0 Å². The van der Waals surface area contributed by atoms with Crippen LogP contribution in [0.15, 0.2) is 88.2 Å². The van der Waals surface area contributed by atoms with Crippen molar-refractivity contribution in [2.75, 3.05) is 0 Å². The Morgan fingerprint density at radius 2 is 1.24 bits per heavy atom. The summed E-state index contributed by atoms with van der Waals surface area (Å²) in [5.74, 6) is -2.48. The molecule has 0 saturated carbocycles. The molecule has 25 heavy (non-hydrogen) atoms. The first-order valence-corrected chi connectivity index (χ1v) is 8.82. The van der Waals surface area contributed by atoms with Crippen LogP contribution in [-0.2, 0) is 19.4 Å². The van der Waals surface area contributed by atoms with Crippen molar-refractivity contribution in [2.24, 2.45) is 0 Å². The Morgan fingerprint density at radius 3 is 1.84 bits per heavy atom. The smallest absolute Gasteiger partial charge is 0.211 e. The minimum atomic E-state index is -4.31. The predicted molar refractivity (Wildman–Crippen MR) is 90.6 cm³/mol. The third-order valence-electron chi connectivity index (χ3n) is 3.67. The molecule has 0 bridgehead atoms. The van der Waals surface area contributed by atoms with Crippen LogP contribution < -0.4 is 0 Å². The Labute approximate surface area is 144 Å². The van der Waals surface area contributed by atoms with Crippen LogP contribution in [0.5, 0.6) is 0 Å². The van der Waals surface area contributed by atoms with Gasteiger partial charge in [0.1, 0.15) is 4.91 Å². The molecule has 0 unspecified atom stereocenters. The molecule has 1 aliphatic rings. The van der Waals surface area contributed by atoms with Crippen LogP contribution in [0, 0.1) is 0 Å². The second kappa shape index (κ2) is 6.41. The number of sulfone groups is 1. The molecule has 0 spiro atoms. The number of ketones is 3. The molecular weight excluding hydrogens is 340 g/mol. The zero-order chi connectivity index (χ0) is 18.0. The molecule has 2 aromatic carbocycles. The zero-order valence-corrected chi connectivity index (χ0v) is 13.7. The summed E-state index contributed by atoms with van der Waals surface area (Å²) in [7, 11) is -4.31. The minimum Gasteiger partial charge on any atom is -0.289 e. The van der Waals surface area contributed by atoms with Crippen molar-refractivity contribution in [1.29, 1.82) is 0 Å². The maximum atomic E-state index is 12.9. The largest absolute Gasteiger partial charge is 0.289 e. The van der Waals surface area contributed by atoms with Crippen molar-refractivity contribution >= 4 is 27.2 Å². The molecule has 6 heteroatoms. The summed E-state index contributed by atoms with van der Waals surface area (Å²) in [6.45, 7) is 0. The highest BCUT2D eigenvalue weighted by atomic mass is 32.2. The van der Waals surface area contributed by atoms with Gasteiger partial charge < -0.3 is 0 Å². The van der Waals surface area contributed by atoms with Crippen molar-refractivity contribution < 1.29 is 22.8 Å². The van der Waals surface area contributed by atoms with E-state index in [1.165, 1.54) is 36.4 Å². The molecule has 0 atom stereocenters. The van der Waals surface area contributed by atoms with Crippen LogP contribution in [-0.4, -0.2) is 25.8 Å². The fourth-order valence-electron chi connectivity index (χ4n) is 2.48. The quantitative estimate of drug-likeness (QED) is 0.479. The molecule has 0 fully saturated rings. The predicted octanol–water partition coefficient (Wildman–Crippen LogP) is 2.31. The summed E-state index contributed by atoms with van der Waals surface area (Å²) in [4.78, 5) is 36.3. The second-order valence-electron chi connectivity index (χ2n) is 5.28. The molecule has 0 aromatic heterocycles. The van der Waals surface area contributed by atoms with Gasteiger partial charge in [-0.15, -0.1) is 0 Å². The lowest BCUT2D eigenvalue weighted by Gasteiger charge is -2.14. The Morgan fingerprint density at radius 1 is 0.720 bits per heavy atom. The van der Waals surface area contributed by atoms with E-state index in [9.17, 15) is 22.8 Å². The summed E-state index contributed by atoms with van der Waals surface area (Å²) < 4.78 is 25.7. The summed E-state index contributed by atoms with van der Waals surface area (Å²) in [6, 6.07) is 15.0. The lowest BCUT2D eigenvalue weighted by atomic mass is 9.95. The van der Waals surface area contributed by atoms with Crippen LogP contribution in [0.1, 0.15) is 10.4 Å². The van der Waals surface area contributed by atoms with E-state index < -0.39 is 37.7 Å². The number of hydrogen-bond acceptors (Lipinski definition) is 5. The lowest BCUT2D eigenvalue weighted by molar-refractivity contribution is -0.114. The molecule has 2 aromatic rings. The number of hydrogen-bond donors (Lipinski definition) is 0. The molecule has 124 valence electrons. The van der Waals surface area contributed by atoms with Gasteiger partial charge in [-0.3, -0.25) is 14.4 Å².